The molecule has 0 spiro atoms. The van der Waals surface area contributed by atoms with E-state index in [0.29, 0.717) is 0 Å². The fraction of sp³-hybridized carbons (Fsp3) is 0.600. The van der Waals surface area contributed by atoms with Crippen molar-refractivity contribution in [2.75, 3.05) is 13.1 Å². The van der Waals surface area contributed by atoms with Gasteiger partial charge in [-0.25, -0.2) is 0 Å². The molecule has 2 nitrogen and oxygen atoms in total. The van der Waals surface area contributed by atoms with Crippen molar-refractivity contribution in [2.45, 2.75) is 45.2 Å². The summed E-state index contributed by atoms with van der Waals surface area (Å²) in [5.41, 5.74) is 8.50. The minimum atomic E-state index is 0.762. The molecular weight excluding hydrogens is 208 g/mol. The van der Waals surface area contributed by atoms with Crippen LogP contribution in [0.25, 0.3) is 0 Å². The molecule has 0 bridgehead atoms. The van der Waals surface area contributed by atoms with E-state index in [2.05, 4.69) is 36.1 Å². The number of benzene rings is 1. The number of likely N-dealkylation sites (tertiary alicyclic amines) is 1. The van der Waals surface area contributed by atoms with E-state index >= 15 is 0 Å². The van der Waals surface area contributed by atoms with Gasteiger partial charge in [0.1, 0.15) is 0 Å². The lowest BCUT2D eigenvalue weighted by molar-refractivity contribution is 0.232. The smallest absolute Gasteiger partial charge is 0.0239 e. The zero-order valence-electron chi connectivity index (χ0n) is 10.9. The maximum absolute atomic E-state index is 5.61. The van der Waals surface area contributed by atoms with E-state index < -0.39 is 0 Å². The van der Waals surface area contributed by atoms with Crippen LogP contribution in [0, 0.1) is 6.92 Å². The van der Waals surface area contributed by atoms with Gasteiger partial charge in [-0.1, -0.05) is 24.3 Å². The molecule has 0 aromatic heterocycles. The van der Waals surface area contributed by atoms with Crippen molar-refractivity contribution in [3.05, 3.63) is 35.4 Å². The van der Waals surface area contributed by atoms with Gasteiger partial charge in [-0.05, 0) is 56.8 Å². The van der Waals surface area contributed by atoms with Crippen LogP contribution in [0.3, 0.4) is 0 Å². The molecule has 1 atom stereocenters. The molecule has 0 aliphatic carbocycles. The second kappa shape index (κ2) is 6.18. The van der Waals surface area contributed by atoms with Gasteiger partial charge in [0.2, 0.25) is 0 Å². The Labute approximate surface area is 105 Å². The highest BCUT2D eigenvalue weighted by atomic mass is 15.2. The van der Waals surface area contributed by atoms with Gasteiger partial charge in [-0.15, -0.1) is 0 Å². The van der Waals surface area contributed by atoms with Crippen LogP contribution in [0.2, 0.25) is 0 Å². The number of hydrogen-bond acceptors (Lipinski definition) is 2. The van der Waals surface area contributed by atoms with Crippen LogP contribution >= 0.6 is 0 Å². The quantitative estimate of drug-likeness (QED) is 0.845. The van der Waals surface area contributed by atoms with Crippen molar-refractivity contribution in [1.29, 1.82) is 0 Å². The van der Waals surface area contributed by atoms with E-state index in [1.54, 1.807) is 0 Å². The van der Waals surface area contributed by atoms with Gasteiger partial charge in [-0.2, -0.15) is 0 Å². The van der Waals surface area contributed by atoms with Crippen LogP contribution in [0.5, 0.6) is 0 Å². The third kappa shape index (κ3) is 3.30. The molecule has 2 heteroatoms. The van der Waals surface area contributed by atoms with Gasteiger partial charge in [-0.3, -0.25) is 4.90 Å². The summed E-state index contributed by atoms with van der Waals surface area (Å²) in [5.74, 6) is 0. The molecule has 2 rings (SSSR count). The van der Waals surface area contributed by atoms with Crippen LogP contribution in [-0.4, -0.2) is 24.0 Å². The Morgan fingerprint density at radius 1 is 1.35 bits per heavy atom. The third-order valence-corrected chi connectivity index (χ3v) is 3.88. The molecule has 94 valence electrons. The van der Waals surface area contributed by atoms with Crippen LogP contribution < -0.4 is 5.73 Å². The largest absolute Gasteiger partial charge is 0.330 e. The summed E-state index contributed by atoms with van der Waals surface area (Å²) >= 11 is 0. The van der Waals surface area contributed by atoms with Crippen LogP contribution in [0.1, 0.15) is 36.8 Å². The molecule has 2 N–H and O–H groups in total. The predicted octanol–water partition coefficient (Wildman–Crippen LogP) is 2.70. The average molecular weight is 232 g/mol. The normalized spacial score (nSPS) is 20.9. The summed E-state index contributed by atoms with van der Waals surface area (Å²) in [5, 5.41) is 0. The predicted molar refractivity (Wildman–Crippen MR) is 72.9 cm³/mol. The summed E-state index contributed by atoms with van der Waals surface area (Å²) in [6, 6.07) is 9.49. The molecule has 1 heterocycles. The Balaban J connectivity index is 1.95. The number of nitrogens with zero attached hydrogens (tertiary/aromatic N) is 1. The molecule has 1 aromatic rings. The van der Waals surface area contributed by atoms with Crippen molar-refractivity contribution in [1.82, 2.24) is 4.90 Å². The van der Waals surface area contributed by atoms with Gasteiger partial charge in [0.25, 0.3) is 0 Å². The van der Waals surface area contributed by atoms with E-state index in [0.717, 1.165) is 25.6 Å². The van der Waals surface area contributed by atoms with E-state index in [1.807, 2.05) is 0 Å². The Kier molecular flexibility index (Phi) is 4.57. The highest BCUT2D eigenvalue weighted by molar-refractivity contribution is 5.25. The number of nitrogens with two attached hydrogens (primary N) is 1. The lowest BCUT2D eigenvalue weighted by Crippen LogP contribution is -2.29. The molecule has 1 aliphatic heterocycles. The van der Waals surface area contributed by atoms with E-state index in [1.165, 1.54) is 36.9 Å². The van der Waals surface area contributed by atoms with Gasteiger partial charge in [0, 0.05) is 12.6 Å². The minimum absolute atomic E-state index is 0.762. The number of aryl methyl sites for hydroxylation is 1. The molecule has 1 unspecified atom stereocenters. The number of rotatable bonds is 5. The highest BCUT2D eigenvalue weighted by Crippen LogP contribution is 2.24. The van der Waals surface area contributed by atoms with Crippen LogP contribution in [0.4, 0.5) is 0 Å². The Bertz CT molecular complexity index is 349. The zero-order valence-corrected chi connectivity index (χ0v) is 10.9. The third-order valence-electron chi connectivity index (χ3n) is 3.88. The van der Waals surface area contributed by atoms with Crippen molar-refractivity contribution in [3.63, 3.8) is 0 Å². The Hall–Kier alpha value is -0.860. The Morgan fingerprint density at radius 2 is 2.18 bits per heavy atom. The zero-order chi connectivity index (χ0) is 12.1. The number of hydrogen-bond donors (Lipinski definition) is 1. The van der Waals surface area contributed by atoms with Gasteiger partial charge in [0.05, 0.1) is 0 Å². The topological polar surface area (TPSA) is 29.3 Å². The fourth-order valence-electron chi connectivity index (χ4n) is 2.79. The standard InChI is InChI=1S/C15H24N2/c1-13-6-2-3-7-14(13)12-17-11-5-9-15(17)8-4-10-16/h2-3,6-7,15H,4-5,8-12,16H2,1H3. The first kappa shape index (κ1) is 12.6. The molecular formula is C15H24N2. The molecule has 1 fully saturated rings. The molecule has 1 aliphatic rings. The summed E-state index contributed by atoms with van der Waals surface area (Å²) in [6.45, 7) is 5.40. The van der Waals surface area contributed by atoms with Crippen LogP contribution in [-0.2, 0) is 6.54 Å². The van der Waals surface area contributed by atoms with Gasteiger partial charge >= 0.3 is 0 Å². The lowest BCUT2D eigenvalue weighted by atomic mass is 10.1. The molecule has 0 saturated carbocycles. The molecule has 1 aromatic carbocycles. The monoisotopic (exact) mass is 232 g/mol. The first-order valence-corrected chi connectivity index (χ1v) is 6.80. The first-order valence-electron chi connectivity index (χ1n) is 6.80. The van der Waals surface area contributed by atoms with E-state index in [4.69, 9.17) is 5.73 Å². The first-order chi connectivity index (χ1) is 8.31. The maximum Gasteiger partial charge on any atom is 0.0239 e. The highest BCUT2D eigenvalue weighted by Gasteiger charge is 2.23. The molecule has 0 radical (unpaired) electrons. The van der Waals surface area contributed by atoms with Crippen LogP contribution in [0.15, 0.2) is 24.3 Å². The second-order valence-corrected chi connectivity index (χ2v) is 5.12. The second-order valence-electron chi connectivity index (χ2n) is 5.12. The summed E-state index contributed by atoms with van der Waals surface area (Å²) in [6.07, 6.45) is 5.13. The summed E-state index contributed by atoms with van der Waals surface area (Å²) in [7, 11) is 0. The summed E-state index contributed by atoms with van der Waals surface area (Å²) in [4.78, 5) is 2.64. The Morgan fingerprint density at radius 3 is 2.94 bits per heavy atom. The van der Waals surface area contributed by atoms with E-state index in [-0.39, 0.29) is 0 Å². The lowest BCUT2D eigenvalue weighted by Gasteiger charge is -2.25. The van der Waals surface area contributed by atoms with E-state index in [9.17, 15) is 0 Å². The minimum Gasteiger partial charge on any atom is -0.330 e. The van der Waals surface area contributed by atoms with Crippen molar-refractivity contribution >= 4 is 0 Å². The summed E-state index contributed by atoms with van der Waals surface area (Å²) < 4.78 is 0. The molecule has 1 saturated heterocycles. The van der Waals surface area contributed by atoms with Gasteiger partial charge in [0.15, 0.2) is 0 Å². The van der Waals surface area contributed by atoms with Crippen molar-refractivity contribution in [3.8, 4) is 0 Å². The van der Waals surface area contributed by atoms with Crippen molar-refractivity contribution < 1.29 is 0 Å². The molecule has 17 heavy (non-hydrogen) atoms. The fourth-order valence-corrected chi connectivity index (χ4v) is 2.79. The average Bonchev–Trinajstić information content (AvgIpc) is 2.77. The van der Waals surface area contributed by atoms with Crippen molar-refractivity contribution in [2.24, 2.45) is 5.73 Å². The maximum atomic E-state index is 5.61. The van der Waals surface area contributed by atoms with Gasteiger partial charge < -0.3 is 5.73 Å². The SMILES string of the molecule is Cc1ccccc1CN1CCCC1CCCN. The molecule has 0 amide bonds.